The lowest BCUT2D eigenvalue weighted by Gasteiger charge is -2.12. The van der Waals surface area contributed by atoms with Gasteiger partial charge in [0, 0.05) is 28.4 Å². The van der Waals surface area contributed by atoms with E-state index in [1.807, 2.05) is 49.4 Å². The number of para-hydroxylation sites is 1. The Morgan fingerprint density at radius 3 is 2.45 bits per heavy atom. The average molecular weight is 382 g/mol. The maximum atomic E-state index is 13.1. The molecule has 4 aromatic rings. The number of hydrogen-bond donors (Lipinski definition) is 1. The minimum absolute atomic E-state index is 0.171. The van der Waals surface area contributed by atoms with Gasteiger partial charge >= 0.3 is 0 Å². The van der Waals surface area contributed by atoms with Gasteiger partial charge in [-0.25, -0.2) is 0 Å². The smallest absolute Gasteiger partial charge is 0.256 e. The Morgan fingerprint density at radius 2 is 1.69 bits per heavy atom. The fourth-order valence-electron chi connectivity index (χ4n) is 3.43. The molecular formula is C25H22N2O2. The molecule has 0 aliphatic heterocycles. The highest BCUT2D eigenvalue weighted by molar-refractivity contribution is 6.14. The van der Waals surface area contributed by atoms with Gasteiger partial charge in [-0.15, -0.1) is 0 Å². The maximum Gasteiger partial charge on any atom is 0.256 e. The van der Waals surface area contributed by atoms with E-state index in [2.05, 4.69) is 36.5 Å². The third-order valence-electron chi connectivity index (χ3n) is 4.90. The van der Waals surface area contributed by atoms with Crippen molar-refractivity contribution in [1.29, 1.82) is 0 Å². The number of aromatic nitrogens is 1. The van der Waals surface area contributed by atoms with Gasteiger partial charge in [-0.2, -0.15) is 0 Å². The molecule has 1 heterocycles. The number of carbonyl (C=O) groups excluding carboxylic acids is 1. The fraction of sp³-hybridized carbons (Fsp3) is 0.120. The van der Waals surface area contributed by atoms with Crippen molar-refractivity contribution in [1.82, 2.24) is 4.98 Å². The minimum Gasteiger partial charge on any atom is -0.497 e. The number of amides is 1. The molecular weight excluding hydrogens is 360 g/mol. The van der Waals surface area contributed by atoms with E-state index in [0.29, 0.717) is 17.0 Å². The summed E-state index contributed by atoms with van der Waals surface area (Å²) in [5, 5.41) is 3.80. The van der Waals surface area contributed by atoms with Crippen LogP contribution in [0, 0.1) is 13.8 Å². The zero-order chi connectivity index (χ0) is 20.4. The second-order valence-corrected chi connectivity index (χ2v) is 7.07. The summed E-state index contributed by atoms with van der Waals surface area (Å²) in [4.78, 5) is 17.8. The third-order valence-corrected chi connectivity index (χ3v) is 4.90. The van der Waals surface area contributed by atoms with Crippen molar-refractivity contribution in [2.45, 2.75) is 13.8 Å². The molecule has 0 spiro atoms. The van der Waals surface area contributed by atoms with E-state index in [-0.39, 0.29) is 5.91 Å². The molecule has 4 nitrogen and oxygen atoms in total. The van der Waals surface area contributed by atoms with Crippen LogP contribution < -0.4 is 10.1 Å². The van der Waals surface area contributed by atoms with Crippen LogP contribution in [0.15, 0.2) is 72.8 Å². The van der Waals surface area contributed by atoms with Crippen molar-refractivity contribution in [2.24, 2.45) is 0 Å². The van der Waals surface area contributed by atoms with E-state index in [4.69, 9.17) is 9.72 Å². The van der Waals surface area contributed by atoms with Gasteiger partial charge in [0.05, 0.1) is 18.2 Å². The molecule has 3 aromatic carbocycles. The van der Waals surface area contributed by atoms with E-state index < -0.39 is 0 Å². The first-order valence-electron chi connectivity index (χ1n) is 9.48. The first-order valence-corrected chi connectivity index (χ1v) is 9.48. The average Bonchev–Trinajstić information content (AvgIpc) is 2.73. The van der Waals surface area contributed by atoms with Crippen LogP contribution in [0.25, 0.3) is 22.0 Å². The summed E-state index contributed by atoms with van der Waals surface area (Å²) in [6, 6.07) is 23.5. The van der Waals surface area contributed by atoms with Gasteiger partial charge in [-0.05, 0) is 37.6 Å². The zero-order valence-electron chi connectivity index (χ0n) is 16.7. The Kier molecular flexibility index (Phi) is 5.00. The zero-order valence-corrected chi connectivity index (χ0v) is 16.7. The highest BCUT2D eigenvalue weighted by Crippen LogP contribution is 2.30. The van der Waals surface area contributed by atoms with Crippen LogP contribution in [0.5, 0.6) is 5.75 Å². The van der Waals surface area contributed by atoms with Crippen LogP contribution in [0.3, 0.4) is 0 Å². The number of carbonyl (C=O) groups is 1. The third kappa shape index (κ3) is 3.83. The van der Waals surface area contributed by atoms with Crippen molar-refractivity contribution >= 4 is 22.5 Å². The van der Waals surface area contributed by atoms with Gasteiger partial charge < -0.3 is 10.1 Å². The summed E-state index contributed by atoms with van der Waals surface area (Å²) >= 11 is 0. The van der Waals surface area contributed by atoms with Gasteiger partial charge in [0.25, 0.3) is 5.91 Å². The summed E-state index contributed by atoms with van der Waals surface area (Å²) in [6.07, 6.45) is 0. The predicted octanol–water partition coefficient (Wildman–Crippen LogP) is 5.78. The predicted molar refractivity (Wildman–Crippen MR) is 118 cm³/mol. The molecule has 0 fully saturated rings. The topological polar surface area (TPSA) is 51.2 Å². The van der Waals surface area contributed by atoms with E-state index in [1.165, 1.54) is 5.56 Å². The molecule has 0 aliphatic rings. The summed E-state index contributed by atoms with van der Waals surface area (Å²) in [7, 11) is 1.60. The van der Waals surface area contributed by atoms with Crippen LogP contribution in [0.4, 0.5) is 5.69 Å². The number of rotatable bonds is 4. The first kappa shape index (κ1) is 18.7. The van der Waals surface area contributed by atoms with E-state index in [1.54, 1.807) is 13.2 Å². The van der Waals surface area contributed by atoms with Crippen molar-refractivity contribution < 1.29 is 9.53 Å². The number of aryl methyl sites for hydroxylation is 2. The number of pyridine rings is 1. The van der Waals surface area contributed by atoms with Crippen molar-refractivity contribution in [2.75, 3.05) is 12.4 Å². The number of ether oxygens (including phenoxy) is 1. The molecule has 4 rings (SSSR count). The number of anilines is 1. The molecule has 1 aromatic heterocycles. The maximum absolute atomic E-state index is 13.1. The van der Waals surface area contributed by atoms with E-state index in [0.717, 1.165) is 27.7 Å². The Bertz CT molecular complexity index is 1200. The van der Waals surface area contributed by atoms with Crippen molar-refractivity contribution in [3.8, 4) is 16.9 Å². The van der Waals surface area contributed by atoms with Crippen molar-refractivity contribution in [3.05, 3.63) is 89.6 Å². The van der Waals surface area contributed by atoms with Gasteiger partial charge in [0.15, 0.2) is 0 Å². The molecule has 0 bridgehead atoms. The van der Waals surface area contributed by atoms with Gasteiger partial charge in [-0.1, -0.05) is 54.1 Å². The largest absolute Gasteiger partial charge is 0.497 e. The second kappa shape index (κ2) is 7.76. The number of benzene rings is 3. The quantitative estimate of drug-likeness (QED) is 0.487. The number of hydrogen-bond acceptors (Lipinski definition) is 3. The van der Waals surface area contributed by atoms with Crippen LogP contribution in [0.1, 0.15) is 21.6 Å². The lowest BCUT2D eigenvalue weighted by molar-refractivity contribution is 0.102. The van der Waals surface area contributed by atoms with Crippen molar-refractivity contribution in [3.63, 3.8) is 0 Å². The first-order chi connectivity index (χ1) is 14.0. The number of methoxy groups -OCH3 is 1. The van der Waals surface area contributed by atoms with E-state index >= 15 is 0 Å². The SMILES string of the molecule is COc1cccc(NC(=O)c2cc(C)nc3c(-c4ccc(C)cc4)cccc23)c1. The number of nitrogens with one attached hydrogen (secondary N) is 1. The molecule has 0 saturated carbocycles. The summed E-state index contributed by atoms with van der Waals surface area (Å²) in [5.41, 5.74) is 6.22. The van der Waals surface area contributed by atoms with Gasteiger partial charge in [0.1, 0.15) is 5.75 Å². The van der Waals surface area contributed by atoms with Crippen LogP contribution in [0.2, 0.25) is 0 Å². The van der Waals surface area contributed by atoms with Gasteiger partial charge in [-0.3, -0.25) is 9.78 Å². The minimum atomic E-state index is -0.171. The number of fused-ring (bicyclic) bond motifs is 1. The Morgan fingerprint density at radius 1 is 0.931 bits per heavy atom. The summed E-state index contributed by atoms with van der Waals surface area (Å²) in [5.74, 6) is 0.523. The van der Waals surface area contributed by atoms with Crippen LogP contribution in [-0.2, 0) is 0 Å². The van der Waals surface area contributed by atoms with E-state index in [9.17, 15) is 4.79 Å². The Hall–Kier alpha value is -3.66. The highest BCUT2D eigenvalue weighted by atomic mass is 16.5. The molecule has 0 unspecified atom stereocenters. The monoisotopic (exact) mass is 382 g/mol. The molecule has 144 valence electrons. The summed E-state index contributed by atoms with van der Waals surface area (Å²) < 4.78 is 5.24. The number of nitrogens with zero attached hydrogens (tertiary/aromatic N) is 1. The standard InChI is InChI=1S/C25H22N2O2/c1-16-10-12-18(13-11-16)21-8-5-9-22-23(14-17(2)26-24(21)22)25(28)27-19-6-4-7-20(15-19)29-3/h4-15H,1-3H3,(H,27,28). The fourth-order valence-corrected chi connectivity index (χ4v) is 3.43. The summed E-state index contributed by atoms with van der Waals surface area (Å²) in [6.45, 7) is 3.98. The molecule has 1 amide bonds. The van der Waals surface area contributed by atoms with Crippen LogP contribution in [-0.4, -0.2) is 18.0 Å². The Balaban J connectivity index is 1.79. The highest BCUT2D eigenvalue weighted by Gasteiger charge is 2.15. The molecule has 0 aliphatic carbocycles. The lowest BCUT2D eigenvalue weighted by atomic mass is 9.98. The second-order valence-electron chi connectivity index (χ2n) is 7.07. The molecule has 0 saturated heterocycles. The lowest BCUT2D eigenvalue weighted by Crippen LogP contribution is -2.13. The molecule has 29 heavy (non-hydrogen) atoms. The Labute approximate surface area is 170 Å². The molecule has 0 atom stereocenters. The van der Waals surface area contributed by atoms with Gasteiger partial charge in [0.2, 0.25) is 0 Å². The van der Waals surface area contributed by atoms with Crippen LogP contribution >= 0.6 is 0 Å². The normalized spacial score (nSPS) is 10.7. The molecule has 4 heteroatoms. The molecule has 0 radical (unpaired) electrons. The molecule has 1 N–H and O–H groups in total.